The second-order valence-corrected chi connectivity index (χ2v) is 9.05. The molecule has 1 amide bonds. The summed E-state index contributed by atoms with van der Waals surface area (Å²) in [5.41, 5.74) is 1.03. The zero-order chi connectivity index (χ0) is 19.3. The second kappa shape index (κ2) is 8.84. The number of nitrogens with one attached hydrogen (secondary N) is 1. The monoisotopic (exact) mass is 436 g/mol. The van der Waals surface area contributed by atoms with Crippen molar-refractivity contribution in [1.29, 1.82) is 0 Å². The fourth-order valence-electron chi connectivity index (χ4n) is 2.76. The minimum absolute atomic E-state index is 0.107. The molecule has 28 heavy (non-hydrogen) atoms. The number of hydrogen-bond acceptors (Lipinski definition) is 9. The van der Waals surface area contributed by atoms with Crippen LogP contribution in [0.3, 0.4) is 0 Å². The third-order valence-corrected chi connectivity index (χ3v) is 6.95. The van der Waals surface area contributed by atoms with Crippen LogP contribution < -0.4 is 15.1 Å². The summed E-state index contributed by atoms with van der Waals surface area (Å²) in [4.78, 5) is 20.4. The molecule has 0 radical (unpaired) electrons. The van der Waals surface area contributed by atoms with Gasteiger partial charge >= 0.3 is 0 Å². The standard InChI is InChI=1S/C17H17FN6OS3/c18-12-1-3-13(4-2-12)23-6-8-24(9-7-23)16-21-22-17(28-16)27-11-14(25)20-15-19-5-10-26-15/h1-5,10H,6-9,11H2,(H,19,20,25). The molecule has 2 aromatic heterocycles. The van der Waals surface area contributed by atoms with E-state index in [0.29, 0.717) is 5.13 Å². The van der Waals surface area contributed by atoms with E-state index in [1.807, 2.05) is 5.38 Å². The molecule has 0 aliphatic carbocycles. The van der Waals surface area contributed by atoms with Gasteiger partial charge in [-0.2, -0.15) is 0 Å². The first-order valence-corrected chi connectivity index (χ1v) is 11.3. The third-order valence-electron chi connectivity index (χ3n) is 4.14. The van der Waals surface area contributed by atoms with E-state index >= 15 is 0 Å². The molecule has 1 aliphatic heterocycles. The van der Waals surface area contributed by atoms with Gasteiger partial charge in [-0.25, -0.2) is 9.37 Å². The maximum Gasteiger partial charge on any atom is 0.236 e. The van der Waals surface area contributed by atoms with Crippen LogP contribution in [0, 0.1) is 5.82 Å². The number of carbonyl (C=O) groups excluding carboxylic acids is 1. The van der Waals surface area contributed by atoms with Gasteiger partial charge < -0.3 is 15.1 Å². The first kappa shape index (κ1) is 19.1. The number of carbonyl (C=O) groups is 1. The molecular weight excluding hydrogens is 419 g/mol. The predicted molar refractivity (Wildman–Crippen MR) is 112 cm³/mol. The summed E-state index contributed by atoms with van der Waals surface area (Å²) in [6.45, 7) is 3.32. The lowest BCUT2D eigenvalue weighted by Crippen LogP contribution is -2.46. The van der Waals surface area contributed by atoms with E-state index < -0.39 is 0 Å². The zero-order valence-corrected chi connectivity index (χ0v) is 17.2. The smallest absolute Gasteiger partial charge is 0.236 e. The Labute approximate surface area is 173 Å². The van der Waals surface area contributed by atoms with Crippen LogP contribution in [-0.4, -0.2) is 53.0 Å². The van der Waals surface area contributed by atoms with Gasteiger partial charge in [0.25, 0.3) is 0 Å². The summed E-state index contributed by atoms with van der Waals surface area (Å²) >= 11 is 4.25. The Balaban J connectivity index is 1.26. The van der Waals surface area contributed by atoms with Gasteiger partial charge in [-0.05, 0) is 24.3 Å². The first-order chi connectivity index (χ1) is 13.7. The Hall–Kier alpha value is -2.24. The van der Waals surface area contributed by atoms with Crippen LogP contribution in [0.2, 0.25) is 0 Å². The number of nitrogens with zero attached hydrogens (tertiary/aromatic N) is 5. The van der Waals surface area contributed by atoms with Crippen molar-refractivity contribution < 1.29 is 9.18 Å². The van der Waals surface area contributed by atoms with E-state index in [2.05, 4.69) is 30.3 Å². The molecule has 3 heterocycles. The molecule has 0 spiro atoms. The number of rotatable bonds is 6. The Morgan fingerprint density at radius 3 is 2.61 bits per heavy atom. The molecule has 0 saturated carbocycles. The number of halogens is 1. The molecule has 11 heteroatoms. The molecule has 4 rings (SSSR count). The Bertz CT molecular complexity index is 909. The number of hydrogen-bond donors (Lipinski definition) is 1. The van der Waals surface area contributed by atoms with Crippen molar-refractivity contribution in [3.63, 3.8) is 0 Å². The summed E-state index contributed by atoms with van der Waals surface area (Å²) in [6.07, 6.45) is 1.65. The van der Waals surface area contributed by atoms with Crippen LogP contribution in [0.5, 0.6) is 0 Å². The van der Waals surface area contributed by atoms with Crippen molar-refractivity contribution in [2.45, 2.75) is 4.34 Å². The Morgan fingerprint density at radius 2 is 1.89 bits per heavy atom. The average Bonchev–Trinajstić information content (AvgIpc) is 3.39. The van der Waals surface area contributed by atoms with E-state index in [0.717, 1.165) is 41.3 Å². The zero-order valence-electron chi connectivity index (χ0n) is 14.7. The van der Waals surface area contributed by atoms with Crippen molar-refractivity contribution in [1.82, 2.24) is 15.2 Å². The molecule has 146 valence electrons. The van der Waals surface area contributed by atoms with Gasteiger partial charge in [0, 0.05) is 43.4 Å². The lowest BCUT2D eigenvalue weighted by atomic mass is 10.2. The van der Waals surface area contributed by atoms with Crippen molar-refractivity contribution in [3.05, 3.63) is 41.7 Å². The fourth-order valence-corrected chi connectivity index (χ4v) is 5.00. The average molecular weight is 437 g/mol. The molecule has 1 saturated heterocycles. The van der Waals surface area contributed by atoms with E-state index in [9.17, 15) is 9.18 Å². The number of piperazine rings is 1. The van der Waals surface area contributed by atoms with Crippen LogP contribution >= 0.6 is 34.4 Å². The molecule has 0 unspecified atom stereocenters. The molecule has 0 bridgehead atoms. The minimum atomic E-state index is -0.221. The van der Waals surface area contributed by atoms with E-state index in [-0.39, 0.29) is 17.5 Å². The first-order valence-electron chi connectivity index (χ1n) is 8.58. The van der Waals surface area contributed by atoms with Gasteiger partial charge in [-0.15, -0.1) is 21.5 Å². The SMILES string of the molecule is O=C(CSc1nnc(N2CCN(c3ccc(F)cc3)CC2)s1)Nc1nccs1. The molecule has 1 aliphatic rings. The van der Waals surface area contributed by atoms with Gasteiger partial charge in [0.2, 0.25) is 11.0 Å². The maximum absolute atomic E-state index is 13.1. The van der Waals surface area contributed by atoms with Gasteiger partial charge in [0.05, 0.1) is 5.75 Å². The number of thioether (sulfide) groups is 1. The van der Waals surface area contributed by atoms with Gasteiger partial charge in [0.1, 0.15) is 5.82 Å². The van der Waals surface area contributed by atoms with E-state index in [1.54, 1.807) is 18.3 Å². The topological polar surface area (TPSA) is 74.2 Å². The van der Waals surface area contributed by atoms with Gasteiger partial charge in [0.15, 0.2) is 9.47 Å². The normalized spacial score (nSPS) is 14.3. The largest absolute Gasteiger partial charge is 0.368 e. The maximum atomic E-state index is 13.1. The summed E-state index contributed by atoms with van der Waals surface area (Å²) in [5.74, 6) is -0.0572. The Kier molecular flexibility index (Phi) is 6.03. The van der Waals surface area contributed by atoms with Crippen LogP contribution in [0.4, 0.5) is 20.3 Å². The quantitative estimate of drug-likeness (QED) is 0.595. The number of thiazole rings is 1. The van der Waals surface area contributed by atoms with Crippen LogP contribution in [0.15, 0.2) is 40.2 Å². The highest BCUT2D eigenvalue weighted by Crippen LogP contribution is 2.29. The number of benzene rings is 1. The van der Waals surface area contributed by atoms with Crippen molar-refractivity contribution in [2.75, 3.05) is 47.0 Å². The minimum Gasteiger partial charge on any atom is -0.368 e. The number of amides is 1. The van der Waals surface area contributed by atoms with Gasteiger partial charge in [-0.3, -0.25) is 4.79 Å². The van der Waals surface area contributed by atoms with Crippen LogP contribution in [-0.2, 0) is 4.79 Å². The number of anilines is 3. The predicted octanol–water partition coefficient (Wildman–Crippen LogP) is 3.19. The summed E-state index contributed by atoms with van der Waals surface area (Å²) in [5, 5.41) is 14.5. The Morgan fingerprint density at radius 1 is 1.14 bits per heavy atom. The fraction of sp³-hybridized carbons (Fsp3) is 0.294. The van der Waals surface area contributed by atoms with Gasteiger partial charge in [-0.1, -0.05) is 23.1 Å². The van der Waals surface area contributed by atoms with Crippen molar-refractivity contribution in [3.8, 4) is 0 Å². The molecule has 1 aromatic carbocycles. The summed E-state index contributed by atoms with van der Waals surface area (Å²) in [7, 11) is 0. The summed E-state index contributed by atoms with van der Waals surface area (Å²) < 4.78 is 13.8. The van der Waals surface area contributed by atoms with Crippen LogP contribution in [0.1, 0.15) is 0 Å². The molecule has 3 aromatic rings. The molecular formula is C17H17FN6OS3. The second-order valence-electron chi connectivity index (χ2n) is 5.98. The third kappa shape index (κ3) is 4.78. The summed E-state index contributed by atoms with van der Waals surface area (Å²) in [6, 6.07) is 6.59. The number of aromatic nitrogens is 3. The highest BCUT2D eigenvalue weighted by molar-refractivity contribution is 8.01. The lowest BCUT2D eigenvalue weighted by molar-refractivity contribution is -0.113. The van der Waals surface area contributed by atoms with Crippen molar-refractivity contribution in [2.24, 2.45) is 0 Å². The highest BCUT2D eigenvalue weighted by Gasteiger charge is 2.21. The highest BCUT2D eigenvalue weighted by atomic mass is 32.2. The molecule has 1 fully saturated rings. The molecule has 7 nitrogen and oxygen atoms in total. The van der Waals surface area contributed by atoms with E-state index in [4.69, 9.17) is 0 Å². The lowest BCUT2D eigenvalue weighted by Gasteiger charge is -2.35. The van der Waals surface area contributed by atoms with Crippen LogP contribution in [0.25, 0.3) is 0 Å². The molecule has 0 atom stereocenters. The van der Waals surface area contributed by atoms with E-state index in [1.165, 1.54) is 46.6 Å². The van der Waals surface area contributed by atoms with Crippen molar-refractivity contribution >= 4 is 56.3 Å². The molecule has 1 N–H and O–H groups in total.